The summed E-state index contributed by atoms with van der Waals surface area (Å²) >= 11 is 0. The summed E-state index contributed by atoms with van der Waals surface area (Å²) in [6.45, 7) is 8.03. The van der Waals surface area contributed by atoms with E-state index in [1.54, 1.807) is 6.20 Å². The van der Waals surface area contributed by atoms with Crippen LogP contribution in [-0.2, 0) is 0 Å². The number of hydrazine groups is 1. The summed E-state index contributed by atoms with van der Waals surface area (Å²) in [6, 6.07) is 0.149. The average Bonchev–Trinajstić information content (AvgIpc) is 2.43. The lowest BCUT2D eigenvalue weighted by atomic mass is 10.1. The number of anilines is 1. The second-order valence-corrected chi connectivity index (χ2v) is 4.78. The Morgan fingerprint density at radius 3 is 2.47 bits per heavy atom. The second kappa shape index (κ2) is 7.04. The fourth-order valence-electron chi connectivity index (χ4n) is 1.70. The molecule has 1 rings (SSSR count). The Kier molecular flexibility index (Phi) is 5.69. The monoisotopic (exact) mass is 265 g/mol. The van der Waals surface area contributed by atoms with Crippen molar-refractivity contribution in [3.8, 4) is 0 Å². The highest BCUT2D eigenvalue weighted by Crippen LogP contribution is 2.15. The minimum absolute atomic E-state index is 0.149. The lowest BCUT2D eigenvalue weighted by Gasteiger charge is -2.16. The van der Waals surface area contributed by atoms with Crippen LogP contribution in [0.4, 0.5) is 5.69 Å². The zero-order chi connectivity index (χ0) is 14.4. The number of nitrogens with zero attached hydrogens (tertiary/aromatic N) is 2. The molecule has 0 radical (unpaired) electrons. The van der Waals surface area contributed by atoms with E-state index in [1.165, 1.54) is 0 Å². The molecule has 1 aromatic rings. The summed E-state index contributed by atoms with van der Waals surface area (Å²) in [5.74, 6) is 5.98. The lowest BCUT2D eigenvalue weighted by Crippen LogP contribution is -2.35. The Hall–Kier alpha value is -1.69. The van der Waals surface area contributed by atoms with E-state index in [4.69, 9.17) is 5.84 Å². The summed E-state index contributed by atoms with van der Waals surface area (Å²) in [4.78, 5) is 20.7. The van der Waals surface area contributed by atoms with Crippen molar-refractivity contribution in [3.05, 3.63) is 17.7 Å². The van der Waals surface area contributed by atoms with E-state index in [0.29, 0.717) is 17.2 Å². The van der Waals surface area contributed by atoms with Gasteiger partial charge in [-0.15, -0.1) is 0 Å². The predicted molar refractivity (Wildman–Crippen MR) is 75.8 cm³/mol. The van der Waals surface area contributed by atoms with Crippen LogP contribution in [0.15, 0.2) is 6.20 Å². The first-order valence-electron chi connectivity index (χ1n) is 6.67. The molecule has 0 bridgehead atoms. The summed E-state index contributed by atoms with van der Waals surface area (Å²) in [6.07, 6.45) is 3.32. The molecule has 0 aliphatic rings. The fourth-order valence-corrected chi connectivity index (χ4v) is 1.70. The summed E-state index contributed by atoms with van der Waals surface area (Å²) in [5.41, 5.74) is 3.20. The largest absolute Gasteiger partial charge is 0.348 e. The van der Waals surface area contributed by atoms with Gasteiger partial charge in [-0.3, -0.25) is 10.6 Å². The first-order chi connectivity index (χ1) is 9.03. The number of nitrogens with one attached hydrogen (secondary N) is 2. The quantitative estimate of drug-likeness (QED) is 0.539. The Morgan fingerprint density at radius 2 is 2.00 bits per heavy atom. The fraction of sp³-hybridized carbons (Fsp3) is 0.615. The van der Waals surface area contributed by atoms with Gasteiger partial charge in [0.1, 0.15) is 5.82 Å². The normalized spacial score (nSPS) is 10.9. The number of aromatic nitrogens is 2. The Bertz CT molecular complexity index is 429. The number of carbonyl (C=O) groups excluding carboxylic acids is 1. The third kappa shape index (κ3) is 3.89. The average molecular weight is 265 g/mol. The molecule has 0 saturated heterocycles. The molecular weight excluding hydrogens is 242 g/mol. The summed E-state index contributed by atoms with van der Waals surface area (Å²) < 4.78 is 0. The molecule has 1 amide bonds. The van der Waals surface area contributed by atoms with Crippen LogP contribution < -0.4 is 16.6 Å². The molecule has 0 unspecified atom stereocenters. The maximum atomic E-state index is 12.2. The zero-order valence-corrected chi connectivity index (χ0v) is 12.0. The topological polar surface area (TPSA) is 92.9 Å². The molecule has 1 aromatic heterocycles. The minimum atomic E-state index is -0.217. The number of carbonyl (C=O) groups is 1. The molecule has 0 aliphatic carbocycles. The van der Waals surface area contributed by atoms with Crippen molar-refractivity contribution in [2.75, 3.05) is 5.43 Å². The minimum Gasteiger partial charge on any atom is -0.348 e. The Balaban J connectivity index is 3.02. The Labute approximate surface area is 114 Å². The molecule has 0 aromatic carbocycles. The molecule has 6 nitrogen and oxygen atoms in total. The molecule has 0 saturated carbocycles. The first-order valence-corrected chi connectivity index (χ1v) is 6.67. The van der Waals surface area contributed by atoms with Crippen molar-refractivity contribution in [3.63, 3.8) is 0 Å². The molecule has 19 heavy (non-hydrogen) atoms. The van der Waals surface area contributed by atoms with Gasteiger partial charge in [0.15, 0.2) is 5.69 Å². The highest BCUT2D eigenvalue weighted by atomic mass is 16.2. The van der Waals surface area contributed by atoms with Crippen molar-refractivity contribution in [1.29, 1.82) is 0 Å². The molecule has 0 spiro atoms. The van der Waals surface area contributed by atoms with Crippen LogP contribution in [0.3, 0.4) is 0 Å². The van der Waals surface area contributed by atoms with E-state index in [9.17, 15) is 4.79 Å². The molecule has 6 heteroatoms. The smallest absolute Gasteiger partial charge is 0.272 e. The summed E-state index contributed by atoms with van der Waals surface area (Å²) in [5, 5.41) is 2.95. The number of amides is 1. The number of nitrogens with two attached hydrogens (primary N) is 1. The SMILES string of the molecule is CCC(CC)NC(=O)c1nc(C(C)C)ncc1NN. The van der Waals surface area contributed by atoms with Gasteiger partial charge in [0, 0.05) is 12.0 Å². The van der Waals surface area contributed by atoms with E-state index in [1.807, 2.05) is 27.7 Å². The van der Waals surface area contributed by atoms with E-state index < -0.39 is 0 Å². The number of hydrogen-bond donors (Lipinski definition) is 3. The van der Waals surface area contributed by atoms with Crippen LogP contribution >= 0.6 is 0 Å². The summed E-state index contributed by atoms with van der Waals surface area (Å²) in [7, 11) is 0. The van der Waals surface area contributed by atoms with E-state index >= 15 is 0 Å². The Morgan fingerprint density at radius 1 is 1.37 bits per heavy atom. The van der Waals surface area contributed by atoms with Crippen LogP contribution in [-0.4, -0.2) is 21.9 Å². The molecule has 0 fully saturated rings. The third-order valence-corrected chi connectivity index (χ3v) is 3.02. The first kappa shape index (κ1) is 15.4. The van der Waals surface area contributed by atoms with Gasteiger partial charge in [0.25, 0.3) is 5.91 Å². The van der Waals surface area contributed by atoms with Crippen LogP contribution in [0.2, 0.25) is 0 Å². The highest BCUT2D eigenvalue weighted by Gasteiger charge is 2.18. The third-order valence-electron chi connectivity index (χ3n) is 3.02. The van der Waals surface area contributed by atoms with Gasteiger partial charge in [0.2, 0.25) is 0 Å². The predicted octanol–water partition coefficient (Wildman–Crippen LogP) is 1.80. The van der Waals surface area contributed by atoms with Crippen LogP contribution in [0.1, 0.15) is 62.8 Å². The van der Waals surface area contributed by atoms with Crippen molar-refractivity contribution >= 4 is 11.6 Å². The van der Waals surface area contributed by atoms with Crippen molar-refractivity contribution in [2.24, 2.45) is 5.84 Å². The van der Waals surface area contributed by atoms with E-state index in [0.717, 1.165) is 12.8 Å². The molecule has 0 atom stereocenters. The number of nitrogen functional groups attached to an aromatic ring is 1. The van der Waals surface area contributed by atoms with E-state index in [-0.39, 0.29) is 17.9 Å². The van der Waals surface area contributed by atoms with Gasteiger partial charge >= 0.3 is 0 Å². The molecule has 0 aliphatic heterocycles. The van der Waals surface area contributed by atoms with E-state index in [2.05, 4.69) is 20.7 Å². The lowest BCUT2D eigenvalue weighted by molar-refractivity contribution is 0.0930. The number of hydrogen-bond acceptors (Lipinski definition) is 5. The highest BCUT2D eigenvalue weighted by molar-refractivity contribution is 5.97. The number of rotatable bonds is 6. The molecule has 4 N–H and O–H groups in total. The van der Waals surface area contributed by atoms with Crippen LogP contribution in [0.5, 0.6) is 0 Å². The standard InChI is InChI=1S/C13H23N5O/c1-5-9(6-2)16-13(19)11-10(18-14)7-15-12(17-11)8(3)4/h7-9,18H,5-6,14H2,1-4H3,(H,16,19). The van der Waals surface area contributed by atoms with Gasteiger partial charge in [0.05, 0.1) is 11.9 Å². The molecule has 106 valence electrons. The van der Waals surface area contributed by atoms with Gasteiger partial charge in [-0.1, -0.05) is 27.7 Å². The van der Waals surface area contributed by atoms with Gasteiger partial charge in [-0.05, 0) is 12.8 Å². The zero-order valence-electron chi connectivity index (χ0n) is 12.0. The van der Waals surface area contributed by atoms with Crippen molar-refractivity contribution < 1.29 is 4.79 Å². The van der Waals surface area contributed by atoms with Gasteiger partial charge in [-0.2, -0.15) is 0 Å². The van der Waals surface area contributed by atoms with Crippen molar-refractivity contribution in [2.45, 2.75) is 52.5 Å². The maximum absolute atomic E-state index is 12.2. The molecule has 1 heterocycles. The van der Waals surface area contributed by atoms with Crippen LogP contribution in [0.25, 0.3) is 0 Å². The molecular formula is C13H23N5O. The van der Waals surface area contributed by atoms with Crippen molar-refractivity contribution in [1.82, 2.24) is 15.3 Å². The van der Waals surface area contributed by atoms with Gasteiger partial charge < -0.3 is 10.7 Å². The maximum Gasteiger partial charge on any atom is 0.272 e. The van der Waals surface area contributed by atoms with Crippen LogP contribution in [0, 0.1) is 0 Å². The van der Waals surface area contributed by atoms with Gasteiger partial charge in [-0.25, -0.2) is 9.97 Å². The second-order valence-electron chi connectivity index (χ2n) is 4.78.